The molecule has 0 aliphatic rings. The molecule has 2 nitrogen and oxygen atoms in total. The summed E-state index contributed by atoms with van der Waals surface area (Å²) in [4.78, 5) is 0. The summed E-state index contributed by atoms with van der Waals surface area (Å²) in [6.45, 7) is 1.63. The van der Waals surface area contributed by atoms with Gasteiger partial charge in [0.25, 0.3) is 0 Å². The third-order valence-electron chi connectivity index (χ3n) is 2.73. The highest BCUT2D eigenvalue weighted by atomic mass is 19.2. The Morgan fingerprint density at radius 2 is 1.60 bits per heavy atom. The van der Waals surface area contributed by atoms with Crippen LogP contribution in [-0.4, -0.2) is 0 Å². The molecule has 0 unspecified atom stereocenters. The summed E-state index contributed by atoms with van der Waals surface area (Å²) in [7, 11) is 0. The van der Waals surface area contributed by atoms with E-state index < -0.39 is 29.0 Å². The van der Waals surface area contributed by atoms with E-state index >= 15 is 0 Å². The van der Waals surface area contributed by atoms with Gasteiger partial charge in [-0.1, -0.05) is 0 Å². The molecule has 0 fully saturated rings. The molecule has 102 valence electrons. The van der Waals surface area contributed by atoms with Crippen LogP contribution in [-0.2, 0) is 0 Å². The van der Waals surface area contributed by atoms with Gasteiger partial charge < -0.3 is 5.32 Å². The molecule has 2 aromatic carbocycles. The van der Waals surface area contributed by atoms with E-state index in [1.54, 1.807) is 6.92 Å². The first kappa shape index (κ1) is 13.9. The molecule has 0 radical (unpaired) electrons. The molecule has 0 heterocycles. The first-order valence-electron chi connectivity index (χ1n) is 5.54. The number of hydrogen-bond acceptors (Lipinski definition) is 2. The van der Waals surface area contributed by atoms with Gasteiger partial charge in [-0.3, -0.25) is 0 Å². The molecule has 1 N–H and O–H groups in total. The Bertz CT molecular complexity index is 694. The molecular formula is C14H8F4N2. The second-order valence-corrected chi connectivity index (χ2v) is 4.11. The second-order valence-electron chi connectivity index (χ2n) is 4.11. The van der Waals surface area contributed by atoms with E-state index in [-0.39, 0.29) is 11.8 Å². The number of anilines is 2. The lowest BCUT2D eigenvalue weighted by atomic mass is 10.1. The standard InChI is InChI=1S/C14H8F4N2/c1-7-4-9(3-2-8(7)6-19)20-14-12(17)10(15)5-11(16)13(14)18/h2-5,20H,1H3. The van der Waals surface area contributed by atoms with E-state index in [2.05, 4.69) is 5.32 Å². The number of benzene rings is 2. The minimum atomic E-state index is -1.51. The average Bonchev–Trinajstić information content (AvgIpc) is 2.41. The van der Waals surface area contributed by atoms with Crippen LogP contribution in [0.4, 0.5) is 28.9 Å². The van der Waals surface area contributed by atoms with Gasteiger partial charge >= 0.3 is 0 Å². The summed E-state index contributed by atoms with van der Waals surface area (Å²) in [5.41, 5.74) is 0.257. The second kappa shape index (κ2) is 5.21. The van der Waals surface area contributed by atoms with Gasteiger partial charge in [0, 0.05) is 11.8 Å². The fraction of sp³-hybridized carbons (Fsp3) is 0.0714. The number of nitrogens with zero attached hydrogens (tertiary/aromatic N) is 1. The molecule has 0 atom stereocenters. The minimum Gasteiger partial charge on any atom is -0.351 e. The highest BCUT2D eigenvalue weighted by Gasteiger charge is 2.19. The highest BCUT2D eigenvalue weighted by molar-refractivity contribution is 5.63. The molecule has 6 heteroatoms. The van der Waals surface area contributed by atoms with E-state index in [4.69, 9.17) is 5.26 Å². The van der Waals surface area contributed by atoms with E-state index in [1.165, 1.54) is 18.2 Å². The Balaban J connectivity index is 2.45. The predicted molar refractivity (Wildman–Crippen MR) is 65.5 cm³/mol. The lowest BCUT2D eigenvalue weighted by molar-refractivity contribution is 0.459. The van der Waals surface area contributed by atoms with E-state index in [9.17, 15) is 17.6 Å². The highest BCUT2D eigenvalue weighted by Crippen LogP contribution is 2.28. The topological polar surface area (TPSA) is 35.8 Å². The predicted octanol–water partition coefficient (Wildman–Crippen LogP) is 4.17. The first-order valence-corrected chi connectivity index (χ1v) is 5.54. The van der Waals surface area contributed by atoms with Crippen molar-refractivity contribution in [2.75, 3.05) is 5.32 Å². The molecule has 0 saturated carbocycles. The number of hydrogen-bond donors (Lipinski definition) is 1. The fourth-order valence-electron chi connectivity index (χ4n) is 1.69. The van der Waals surface area contributed by atoms with Gasteiger partial charge in [-0.2, -0.15) is 5.26 Å². The first-order chi connectivity index (χ1) is 9.43. The number of aryl methyl sites for hydroxylation is 1. The van der Waals surface area contributed by atoms with Crippen LogP contribution in [0.2, 0.25) is 0 Å². The summed E-state index contributed by atoms with van der Waals surface area (Å²) < 4.78 is 53.1. The largest absolute Gasteiger partial charge is 0.351 e. The van der Waals surface area contributed by atoms with Crippen molar-refractivity contribution in [3.63, 3.8) is 0 Å². The number of nitriles is 1. The maximum atomic E-state index is 13.5. The zero-order valence-corrected chi connectivity index (χ0v) is 10.3. The minimum absolute atomic E-state index is 0.139. The van der Waals surface area contributed by atoms with Crippen LogP contribution in [0, 0.1) is 41.5 Å². The zero-order valence-electron chi connectivity index (χ0n) is 10.3. The molecule has 0 aliphatic carbocycles. The summed E-state index contributed by atoms with van der Waals surface area (Å²) in [5, 5.41) is 11.0. The van der Waals surface area contributed by atoms with Gasteiger partial charge in [-0.15, -0.1) is 0 Å². The van der Waals surface area contributed by atoms with Gasteiger partial charge in [0.05, 0.1) is 11.6 Å². The van der Waals surface area contributed by atoms with E-state index in [0.29, 0.717) is 11.1 Å². The van der Waals surface area contributed by atoms with E-state index in [0.717, 1.165) is 0 Å². The van der Waals surface area contributed by atoms with Crippen LogP contribution >= 0.6 is 0 Å². The zero-order chi connectivity index (χ0) is 14.9. The Morgan fingerprint density at radius 1 is 1.00 bits per heavy atom. The maximum Gasteiger partial charge on any atom is 0.185 e. The molecule has 0 bridgehead atoms. The van der Waals surface area contributed by atoms with Crippen LogP contribution < -0.4 is 5.32 Å². The van der Waals surface area contributed by atoms with Crippen LogP contribution in [0.5, 0.6) is 0 Å². The summed E-state index contributed by atoms with van der Waals surface area (Å²) in [5.74, 6) is -6.00. The van der Waals surface area contributed by atoms with Gasteiger partial charge in [0.1, 0.15) is 5.69 Å². The fourth-order valence-corrected chi connectivity index (χ4v) is 1.69. The van der Waals surface area contributed by atoms with Crippen LogP contribution in [0.3, 0.4) is 0 Å². The number of rotatable bonds is 2. The van der Waals surface area contributed by atoms with Crippen molar-refractivity contribution in [2.45, 2.75) is 6.92 Å². The number of halogens is 4. The third kappa shape index (κ3) is 2.43. The van der Waals surface area contributed by atoms with Crippen molar-refractivity contribution in [1.82, 2.24) is 0 Å². The Hall–Kier alpha value is -2.55. The summed E-state index contributed by atoms with van der Waals surface area (Å²) in [6.07, 6.45) is 0. The maximum absolute atomic E-state index is 13.5. The van der Waals surface area contributed by atoms with Crippen molar-refractivity contribution in [2.24, 2.45) is 0 Å². The smallest absolute Gasteiger partial charge is 0.185 e. The normalized spacial score (nSPS) is 10.2. The summed E-state index contributed by atoms with van der Waals surface area (Å²) >= 11 is 0. The molecule has 0 aliphatic heterocycles. The van der Waals surface area contributed by atoms with Crippen LogP contribution in [0.15, 0.2) is 24.3 Å². The number of nitrogens with one attached hydrogen (secondary N) is 1. The van der Waals surface area contributed by atoms with Gasteiger partial charge in [0.2, 0.25) is 0 Å². The monoisotopic (exact) mass is 280 g/mol. The molecular weight excluding hydrogens is 272 g/mol. The summed E-state index contributed by atoms with van der Waals surface area (Å²) in [6, 6.07) is 6.33. The van der Waals surface area contributed by atoms with Crippen LogP contribution in [0.25, 0.3) is 0 Å². The third-order valence-corrected chi connectivity index (χ3v) is 2.73. The van der Waals surface area contributed by atoms with Crippen molar-refractivity contribution < 1.29 is 17.6 Å². The van der Waals surface area contributed by atoms with E-state index in [1.807, 2.05) is 6.07 Å². The van der Waals surface area contributed by atoms with Gasteiger partial charge in [0.15, 0.2) is 23.3 Å². The van der Waals surface area contributed by atoms with Gasteiger partial charge in [-0.05, 0) is 30.7 Å². The lowest BCUT2D eigenvalue weighted by Crippen LogP contribution is -2.03. The Kier molecular flexibility index (Phi) is 3.61. The van der Waals surface area contributed by atoms with Crippen molar-refractivity contribution >= 4 is 11.4 Å². The SMILES string of the molecule is Cc1cc(Nc2c(F)c(F)cc(F)c2F)ccc1C#N. The molecule has 20 heavy (non-hydrogen) atoms. The lowest BCUT2D eigenvalue weighted by Gasteiger charge is -2.11. The van der Waals surface area contributed by atoms with Crippen LogP contribution in [0.1, 0.15) is 11.1 Å². The van der Waals surface area contributed by atoms with Gasteiger partial charge in [-0.25, -0.2) is 17.6 Å². The average molecular weight is 280 g/mol. The van der Waals surface area contributed by atoms with Crippen molar-refractivity contribution in [3.05, 3.63) is 58.7 Å². The van der Waals surface area contributed by atoms with Crippen molar-refractivity contribution in [3.8, 4) is 6.07 Å². The Labute approximate surface area is 112 Å². The molecule has 0 amide bonds. The molecule has 2 rings (SSSR count). The molecule has 0 aromatic heterocycles. The Morgan fingerprint density at radius 3 is 2.10 bits per heavy atom. The molecule has 0 spiro atoms. The molecule has 2 aromatic rings. The quantitative estimate of drug-likeness (QED) is 0.662. The molecule has 0 saturated heterocycles. The van der Waals surface area contributed by atoms with Crippen molar-refractivity contribution in [1.29, 1.82) is 5.26 Å².